The molecule has 31 heavy (non-hydrogen) atoms. The first-order valence-electron chi connectivity index (χ1n) is 10.2. The molecule has 3 aromatic rings. The molecule has 5 nitrogen and oxygen atoms in total. The lowest BCUT2D eigenvalue weighted by atomic mass is 10.0. The summed E-state index contributed by atoms with van der Waals surface area (Å²) in [5, 5.41) is 0. The Labute approximate surface area is 181 Å². The number of carbonyl (C=O) groups is 3. The van der Waals surface area contributed by atoms with Crippen molar-refractivity contribution in [1.82, 2.24) is 0 Å². The SMILES string of the molecule is Cc1ccccc1N1CC(C(=O)OCC(=O)c2ccc(-c3ccccc3)cc2)CC1=O. The van der Waals surface area contributed by atoms with E-state index in [1.807, 2.05) is 73.7 Å². The van der Waals surface area contributed by atoms with Crippen molar-refractivity contribution >= 4 is 23.3 Å². The molecule has 0 saturated carbocycles. The summed E-state index contributed by atoms with van der Waals surface area (Å²) in [6, 6.07) is 24.7. The van der Waals surface area contributed by atoms with Crippen molar-refractivity contribution in [3.63, 3.8) is 0 Å². The fourth-order valence-electron chi connectivity index (χ4n) is 3.78. The van der Waals surface area contributed by atoms with Gasteiger partial charge in [0.05, 0.1) is 5.92 Å². The highest BCUT2D eigenvalue weighted by Gasteiger charge is 2.36. The second-order valence-corrected chi connectivity index (χ2v) is 7.67. The molecule has 0 spiro atoms. The molecule has 4 rings (SSSR count). The van der Waals surface area contributed by atoms with Gasteiger partial charge in [-0.1, -0.05) is 72.8 Å². The third-order valence-corrected chi connectivity index (χ3v) is 5.52. The van der Waals surface area contributed by atoms with Gasteiger partial charge in [-0.2, -0.15) is 0 Å². The molecule has 1 saturated heterocycles. The molecule has 1 unspecified atom stereocenters. The van der Waals surface area contributed by atoms with Gasteiger partial charge >= 0.3 is 5.97 Å². The smallest absolute Gasteiger partial charge is 0.311 e. The van der Waals surface area contributed by atoms with Crippen LogP contribution in [0, 0.1) is 12.8 Å². The van der Waals surface area contributed by atoms with Gasteiger partial charge in [-0.25, -0.2) is 0 Å². The monoisotopic (exact) mass is 413 g/mol. The van der Waals surface area contributed by atoms with Crippen LogP contribution < -0.4 is 4.90 Å². The number of hydrogen-bond donors (Lipinski definition) is 0. The topological polar surface area (TPSA) is 63.7 Å². The summed E-state index contributed by atoms with van der Waals surface area (Å²) in [4.78, 5) is 38.9. The largest absolute Gasteiger partial charge is 0.457 e. The summed E-state index contributed by atoms with van der Waals surface area (Å²) in [5.74, 6) is -1.47. The van der Waals surface area contributed by atoms with Crippen LogP contribution in [0.4, 0.5) is 5.69 Å². The van der Waals surface area contributed by atoms with Gasteiger partial charge in [-0.15, -0.1) is 0 Å². The predicted molar refractivity (Wildman–Crippen MR) is 119 cm³/mol. The lowest BCUT2D eigenvalue weighted by Crippen LogP contribution is -2.27. The highest BCUT2D eigenvalue weighted by atomic mass is 16.5. The third kappa shape index (κ3) is 4.56. The maximum Gasteiger partial charge on any atom is 0.311 e. The molecule has 5 heteroatoms. The van der Waals surface area contributed by atoms with Crippen molar-refractivity contribution in [2.75, 3.05) is 18.1 Å². The lowest BCUT2D eigenvalue weighted by Gasteiger charge is -2.18. The number of benzene rings is 3. The lowest BCUT2D eigenvalue weighted by molar-refractivity contribution is -0.147. The molecule has 0 N–H and O–H groups in total. The summed E-state index contributed by atoms with van der Waals surface area (Å²) in [6.45, 7) is 1.86. The van der Waals surface area contributed by atoms with Crippen molar-refractivity contribution < 1.29 is 19.1 Å². The number of carbonyl (C=O) groups excluding carboxylic acids is 3. The van der Waals surface area contributed by atoms with Gasteiger partial charge in [0.25, 0.3) is 0 Å². The summed E-state index contributed by atoms with van der Waals surface area (Å²) in [6.07, 6.45) is 0.0904. The Balaban J connectivity index is 1.34. The Morgan fingerprint density at radius 1 is 0.903 bits per heavy atom. The van der Waals surface area contributed by atoms with E-state index < -0.39 is 11.9 Å². The molecular formula is C26H23NO4. The zero-order valence-corrected chi connectivity index (χ0v) is 17.3. The normalized spacial score (nSPS) is 15.7. The number of hydrogen-bond acceptors (Lipinski definition) is 4. The molecule has 1 heterocycles. The van der Waals surface area contributed by atoms with Crippen LogP contribution in [0.2, 0.25) is 0 Å². The summed E-state index contributed by atoms with van der Waals surface area (Å²) in [5.41, 5.74) is 4.33. The van der Waals surface area contributed by atoms with Crippen molar-refractivity contribution in [1.29, 1.82) is 0 Å². The average Bonchev–Trinajstić information content (AvgIpc) is 3.19. The summed E-state index contributed by atoms with van der Waals surface area (Å²) >= 11 is 0. The van der Waals surface area contributed by atoms with Crippen molar-refractivity contribution in [3.05, 3.63) is 90.0 Å². The van der Waals surface area contributed by atoms with E-state index in [9.17, 15) is 14.4 Å². The average molecular weight is 413 g/mol. The molecule has 1 atom stereocenters. The van der Waals surface area contributed by atoms with Crippen LogP contribution in [0.15, 0.2) is 78.9 Å². The van der Waals surface area contributed by atoms with Crippen molar-refractivity contribution in [2.45, 2.75) is 13.3 Å². The van der Waals surface area contributed by atoms with E-state index in [2.05, 4.69) is 0 Å². The van der Waals surface area contributed by atoms with Gasteiger partial charge in [0.1, 0.15) is 0 Å². The minimum atomic E-state index is -0.569. The van der Waals surface area contributed by atoms with Crippen LogP contribution in [0.5, 0.6) is 0 Å². The van der Waals surface area contributed by atoms with Crippen molar-refractivity contribution in [2.24, 2.45) is 5.92 Å². The van der Waals surface area contributed by atoms with E-state index in [1.165, 1.54) is 0 Å². The van der Waals surface area contributed by atoms with Crippen LogP contribution >= 0.6 is 0 Å². The molecule has 1 aliphatic heterocycles. The Morgan fingerprint density at radius 3 is 2.26 bits per heavy atom. The molecule has 3 aromatic carbocycles. The number of anilines is 1. The standard InChI is InChI=1S/C26H23NO4/c1-18-7-5-6-10-23(18)27-16-22(15-25(27)29)26(30)31-17-24(28)21-13-11-20(12-14-21)19-8-3-2-4-9-19/h2-14,22H,15-17H2,1H3. The predicted octanol–water partition coefficient (Wildman–Crippen LogP) is 4.44. The van der Waals surface area contributed by atoms with Gasteiger partial charge < -0.3 is 9.64 Å². The van der Waals surface area contributed by atoms with Crippen LogP contribution in [-0.2, 0) is 14.3 Å². The first-order valence-corrected chi connectivity index (χ1v) is 10.2. The Hall–Kier alpha value is -3.73. The molecule has 1 aliphatic rings. The third-order valence-electron chi connectivity index (χ3n) is 5.52. The molecular weight excluding hydrogens is 390 g/mol. The number of Topliss-reactive ketones (excluding diaryl/α,β-unsaturated/α-hetero) is 1. The highest BCUT2D eigenvalue weighted by molar-refractivity contribution is 6.01. The zero-order chi connectivity index (χ0) is 21.8. The zero-order valence-electron chi connectivity index (χ0n) is 17.3. The minimum absolute atomic E-state index is 0.0904. The second kappa shape index (κ2) is 8.96. The quantitative estimate of drug-likeness (QED) is 0.443. The fourth-order valence-corrected chi connectivity index (χ4v) is 3.78. The van der Waals surface area contributed by atoms with Gasteiger partial charge in [-0.05, 0) is 29.7 Å². The van der Waals surface area contributed by atoms with Crippen LogP contribution in [0.1, 0.15) is 22.3 Å². The van der Waals surface area contributed by atoms with E-state index in [-0.39, 0.29) is 31.3 Å². The number of para-hydroxylation sites is 1. The molecule has 0 aliphatic carbocycles. The summed E-state index contributed by atoms with van der Waals surface area (Å²) < 4.78 is 5.25. The highest BCUT2D eigenvalue weighted by Crippen LogP contribution is 2.28. The first kappa shape index (κ1) is 20.5. The molecule has 0 bridgehead atoms. The second-order valence-electron chi connectivity index (χ2n) is 7.67. The van der Waals surface area contributed by atoms with E-state index in [0.717, 1.165) is 22.4 Å². The molecule has 156 valence electrons. The molecule has 1 fully saturated rings. The molecule has 0 radical (unpaired) electrons. The van der Waals surface area contributed by atoms with Gasteiger partial charge in [-0.3, -0.25) is 14.4 Å². The molecule has 0 aromatic heterocycles. The maximum absolute atomic E-state index is 12.5. The van der Waals surface area contributed by atoms with E-state index >= 15 is 0 Å². The number of ether oxygens (including phenoxy) is 1. The minimum Gasteiger partial charge on any atom is -0.457 e. The summed E-state index contributed by atoms with van der Waals surface area (Å²) in [7, 11) is 0. The van der Waals surface area contributed by atoms with E-state index in [4.69, 9.17) is 4.74 Å². The Kier molecular flexibility index (Phi) is 5.94. The van der Waals surface area contributed by atoms with E-state index in [0.29, 0.717) is 5.56 Å². The van der Waals surface area contributed by atoms with Gasteiger partial charge in [0.2, 0.25) is 5.91 Å². The Morgan fingerprint density at radius 2 is 1.55 bits per heavy atom. The van der Waals surface area contributed by atoms with Gasteiger partial charge in [0, 0.05) is 24.2 Å². The number of esters is 1. The molecule has 1 amide bonds. The Bertz CT molecular complexity index is 1110. The first-order chi connectivity index (χ1) is 15.0. The fraction of sp³-hybridized carbons (Fsp3) is 0.192. The number of nitrogens with zero attached hydrogens (tertiary/aromatic N) is 1. The number of rotatable bonds is 6. The number of ketones is 1. The van der Waals surface area contributed by atoms with Crippen LogP contribution in [0.25, 0.3) is 11.1 Å². The van der Waals surface area contributed by atoms with Gasteiger partial charge in [0.15, 0.2) is 12.4 Å². The van der Waals surface area contributed by atoms with E-state index in [1.54, 1.807) is 17.0 Å². The number of aryl methyl sites for hydroxylation is 1. The van der Waals surface area contributed by atoms with Crippen LogP contribution in [-0.4, -0.2) is 30.8 Å². The van der Waals surface area contributed by atoms with Crippen molar-refractivity contribution in [3.8, 4) is 11.1 Å². The number of amides is 1. The van der Waals surface area contributed by atoms with Crippen LogP contribution in [0.3, 0.4) is 0 Å². The maximum atomic E-state index is 12.5.